The molecule has 4 aliphatic rings. The number of benzene rings is 3. The van der Waals surface area contributed by atoms with Crippen molar-refractivity contribution in [1.82, 2.24) is 40.4 Å². The second-order valence-electron chi connectivity index (χ2n) is 18.0. The number of H-pyrrole nitrogens is 2. The first-order valence-electron chi connectivity index (χ1n) is 21.4. The minimum absolute atomic E-state index is 0.0458. The maximum absolute atomic E-state index is 16.1. The van der Waals surface area contributed by atoms with E-state index in [0.717, 1.165) is 58.9 Å². The van der Waals surface area contributed by atoms with Crippen molar-refractivity contribution in [3.63, 3.8) is 0 Å². The van der Waals surface area contributed by atoms with Gasteiger partial charge in [-0.2, -0.15) is 0 Å². The van der Waals surface area contributed by atoms with Crippen LogP contribution in [0.15, 0.2) is 54.7 Å². The fourth-order valence-electron chi connectivity index (χ4n) is 10.5. The molecular weight excluding hydrogens is 780 g/mol. The van der Waals surface area contributed by atoms with Gasteiger partial charge < -0.3 is 39.9 Å². The van der Waals surface area contributed by atoms with Crippen molar-refractivity contribution in [2.45, 2.75) is 96.6 Å². The third-order valence-corrected chi connectivity index (χ3v) is 13.8. The van der Waals surface area contributed by atoms with Crippen molar-refractivity contribution in [3.05, 3.63) is 72.2 Å². The number of carbonyl (C=O) groups excluding carboxylic acids is 4. The van der Waals surface area contributed by atoms with Crippen LogP contribution in [0.1, 0.15) is 84.0 Å². The molecule has 2 saturated heterocycles. The predicted octanol–water partition coefficient (Wildman–Crippen LogP) is 7.63. The summed E-state index contributed by atoms with van der Waals surface area (Å²) in [4.78, 5) is 72.8. The lowest BCUT2D eigenvalue weighted by Gasteiger charge is -2.37. The maximum atomic E-state index is 16.1. The Morgan fingerprint density at radius 3 is 2.16 bits per heavy atom. The Balaban J connectivity index is 0.953. The molecule has 0 spiro atoms. The molecule has 2 aliphatic carbocycles. The second kappa shape index (κ2) is 15.5. The van der Waals surface area contributed by atoms with Gasteiger partial charge in [0.25, 0.3) is 0 Å². The molecule has 2 saturated carbocycles. The van der Waals surface area contributed by atoms with Gasteiger partial charge in [-0.05, 0) is 96.1 Å². The van der Waals surface area contributed by atoms with Crippen LogP contribution in [0.5, 0.6) is 0 Å². The van der Waals surface area contributed by atoms with Gasteiger partial charge in [-0.25, -0.2) is 23.9 Å². The molecule has 0 radical (unpaired) electrons. The van der Waals surface area contributed by atoms with Crippen LogP contribution in [0, 0.1) is 35.4 Å². The maximum Gasteiger partial charge on any atom is 0.407 e. The van der Waals surface area contributed by atoms with E-state index in [9.17, 15) is 19.2 Å². The molecule has 4 amide bonds. The van der Waals surface area contributed by atoms with Crippen molar-refractivity contribution in [3.8, 4) is 22.4 Å². The summed E-state index contributed by atoms with van der Waals surface area (Å²) in [7, 11) is 2.57. The molecule has 3 aromatic carbocycles. The number of carbonyl (C=O) groups is 4. The molecular formula is C46H53FN8O6. The molecule has 15 heteroatoms. The molecule has 4 N–H and O–H groups in total. The summed E-state index contributed by atoms with van der Waals surface area (Å²) in [5.41, 5.74) is 4.09. The van der Waals surface area contributed by atoms with Gasteiger partial charge >= 0.3 is 12.2 Å². The van der Waals surface area contributed by atoms with Gasteiger partial charge in [0.2, 0.25) is 11.8 Å². The van der Waals surface area contributed by atoms with Crippen LogP contribution in [-0.4, -0.2) is 92.1 Å². The van der Waals surface area contributed by atoms with Gasteiger partial charge in [-0.3, -0.25) is 9.59 Å². The number of hydrogen-bond donors (Lipinski definition) is 4. The Labute approximate surface area is 353 Å². The average molecular weight is 833 g/mol. The van der Waals surface area contributed by atoms with E-state index in [-0.39, 0.29) is 53.7 Å². The van der Waals surface area contributed by atoms with E-state index in [1.54, 1.807) is 12.3 Å². The van der Waals surface area contributed by atoms with Crippen molar-refractivity contribution < 1.29 is 33.0 Å². The number of hydrogen-bond acceptors (Lipinski definition) is 8. The number of amides is 4. The summed E-state index contributed by atoms with van der Waals surface area (Å²) in [6.07, 6.45) is 3.84. The SMILES string of the molecule is COC(=O)NC(C(=O)N1[C@@H]2CC[C@@H](C2)[C@H]1c1ncc(-c2ccc(-c3ccc4c(ccc5[nH]c([C@@H]6CC7C(C)C7N6C(=O)[C@@H](NC(=O)OC)C(C)C)nc54)c3)cc2F)[nH]1)C(C)C. The third-order valence-electron chi connectivity index (χ3n) is 13.8. The minimum Gasteiger partial charge on any atom is -0.453 e. The monoisotopic (exact) mass is 832 g/mol. The smallest absolute Gasteiger partial charge is 0.407 e. The first-order chi connectivity index (χ1) is 29.3. The van der Waals surface area contributed by atoms with Gasteiger partial charge in [0, 0.05) is 23.0 Å². The molecule has 5 aromatic rings. The zero-order valence-electron chi connectivity index (χ0n) is 35.5. The van der Waals surface area contributed by atoms with Crippen LogP contribution < -0.4 is 10.6 Å². The molecule has 4 unspecified atom stereocenters. The highest BCUT2D eigenvalue weighted by atomic mass is 19.1. The summed E-state index contributed by atoms with van der Waals surface area (Å²) in [5.74, 6) is 1.29. The molecule has 61 heavy (non-hydrogen) atoms. The van der Waals surface area contributed by atoms with Crippen LogP contribution in [0.25, 0.3) is 44.2 Å². The number of alkyl carbamates (subject to hydrolysis) is 2. The Morgan fingerprint density at radius 2 is 1.49 bits per heavy atom. The predicted molar refractivity (Wildman–Crippen MR) is 226 cm³/mol. The minimum atomic E-state index is -0.747. The summed E-state index contributed by atoms with van der Waals surface area (Å²) < 4.78 is 25.7. The lowest BCUT2D eigenvalue weighted by Crippen LogP contribution is -2.54. The van der Waals surface area contributed by atoms with E-state index in [0.29, 0.717) is 34.5 Å². The van der Waals surface area contributed by atoms with Crippen LogP contribution >= 0.6 is 0 Å². The lowest BCUT2D eigenvalue weighted by molar-refractivity contribution is -0.139. The number of rotatable bonds is 10. The van der Waals surface area contributed by atoms with E-state index in [2.05, 4.69) is 32.5 Å². The molecule has 2 aromatic heterocycles. The Morgan fingerprint density at radius 1 is 0.820 bits per heavy atom. The summed E-state index contributed by atoms with van der Waals surface area (Å²) in [5, 5.41) is 7.34. The van der Waals surface area contributed by atoms with E-state index in [4.69, 9.17) is 14.5 Å². The number of methoxy groups -OCH3 is 2. The average Bonchev–Trinajstić information content (AvgIpc) is 3.97. The lowest BCUT2D eigenvalue weighted by atomic mass is 9.95. The van der Waals surface area contributed by atoms with Gasteiger partial charge in [0.05, 0.1) is 49.2 Å². The normalized spacial score (nSPS) is 25.0. The standard InChI is InChI=1S/C46H53FN8O6/c1-21(2)36(52-45(58)60-6)43(56)54-28-12-8-27(17-28)40(54)42-48-20-34(50-42)30-14-10-25(18-32(30)47)24-9-13-29-26(16-24)11-15-33-38(29)51-41(49-33)35-19-31-23(5)39(31)55(35)44(57)37(22(3)4)53-46(59)61-7/h9-11,13-16,18,20-23,27-28,31,35-37,39-40H,8,12,17,19H2,1-7H3,(H,48,50)(H,49,51)(H,52,58)(H,53,59)/t23?,27-,28+,31?,35-,36?,37-,39?,40-/m0/s1. The van der Waals surface area contributed by atoms with Crippen LogP contribution in [-0.2, 0) is 19.1 Å². The van der Waals surface area contributed by atoms with Gasteiger partial charge in [0.1, 0.15) is 29.5 Å². The van der Waals surface area contributed by atoms with E-state index < -0.39 is 30.1 Å². The zero-order valence-corrected chi connectivity index (χ0v) is 35.5. The molecule has 2 aliphatic heterocycles. The van der Waals surface area contributed by atoms with Crippen molar-refractivity contribution in [1.29, 1.82) is 0 Å². The first kappa shape index (κ1) is 40.4. The number of likely N-dealkylation sites (tertiary alicyclic amines) is 2. The number of halogens is 1. The highest BCUT2D eigenvalue weighted by Crippen LogP contribution is 2.58. The number of fused-ring (bicyclic) bond motifs is 6. The highest BCUT2D eigenvalue weighted by Gasteiger charge is 2.61. The molecule has 4 fully saturated rings. The molecule has 320 valence electrons. The van der Waals surface area contributed by atoms with Gasteiger partial charge in [-0.15, -0.1) is 0 Å². The fraction of sp³-hybridized carbons (Fsp3) is 0.478. The van der Waals surface area contributed by atoms with Crippen molar-refractivity contribution >= 4 is 45.8 Å². The molecule has 9 atom stereocenters. The Kier molecular flexibility index (Phi) is 10.3. The van der Waals surface area contributed by atoms with E-state index in [1.807, 2.05) is 73.9 Å². The van der Waals surface area contributed by atoms with Crippen LogP contribution in [0.3, 0.4) is 0 Å². The Hall–Kier alpha value is -5.99. The Bertz CT molecular complexity index is 2550. The summed E-state index contributed by atoms with van der Waals surface area (Å²) in [6.45, 7) is 9.76. The number of nitrogens with one attached hydrogen (secondary N) is 4. The number of aromatic nitrogens is 4. The number of ether oxygens (including phenoxy) is 2. The van der Waals surface area contributed by atoms with Crippen molar-refractivity contribution in [2.75, 3.05) is 14.2 Å². The molecule has 9 rings (SSSR count). The zero-order chi connectivity index (χ0) is 43.0. The largest absolute Gasteiger partial charge is 0.453 e. The summed E-state index contributed by atoms with van der Waals surface area (Å²) in [6, 6.07) is 13.3. The fourth-order valence-corrected chi connectivity index (χ4v) is 10.5. The molecule has 2 bridgehead atoms. The number of aromatic amines is 2. The van der Waals surface area contributed by atoms with Gasteiger partial charge in [0.15, 0.2) is 0 Å². The van der Waals surface area contributed by atoms with Crippen LogP contribution in [0.2, 0.25) is 0 Å². The quantitative estimate of drug-likeness (QED) is 0.111. The van der Waals surface area contributed by atoms with E-state index >= 15 is 4.39 Å². The van der Waals surface area contributed by atoms with Crippen LogP contribution in [0.4, 0.5) is 14.0 Å². The third kappa shape index (κ3) is 6.95. The topological polar surface area (TPSA) is 175 Å². The first-order valence-corrected chi connectivity index (χ1v) is 21.4. The summed E-state index contributed by atoms with van der Waals surface area (Å²) >= 11 is 0. The molecule has 14 nitrogen and oxygen atoms in total. The van der Waals surface area contributed by atoms with Gasteiger partial charge in [-0.1, -0.05) is 58.9 Å². The second-order valence-corrected chi connectivity index (χ2v) is 18.0. The number of imidazole rings is 2. The number of nitrogens with zero attached hydrogens (tertiary/aromatic N) is 4. The number of piperidine rings is 2. The highest BCUT2D eigenvalue weighted by molar-refractivity contribution is 6.05. The molecule has 4 heterocycles. The van der Waals surface area contributed by atoms with E-state index in [1.165, 1.54) is 20.3 Å². The van der Waals surface area contributed by atoms with Crippen molar-refractivity contribution in [2.24, 2.45) is 29.6 Å².